The summed E-state index contributed by atoms with van der Waals surface area (Å²) in [5.74, 6) is -7.71. The molecule has 1 rings (SSSR count). The van der Waals surface area contributed by atoms with Crippen LogP contribution in [0.4, 0.5) is 18.9 Å². The van der Waals surface area contributed by atoms with Gasteiger partial charge in [-0.05, 0) is 13.3 Å². The maximum Gasteiger partial charge on any atom is 0.343 e. The van der Waals surface area contributed by atoms with Gasteiger partial charge in [0.05, 0.1) is 11.5 Å². The maximum atomic E-state index is 14.4. The fraction of sp³-hybridized carbons (Fsp3) is 0.375. The Morgan fingerprint density at radius 1 is 1.31 bits per heavy atom. The zero-order valence-electron chi connectivity index (χ0n) is 14.3. The van der Waals surface area contributed by atoms with E-state index in [1.807, 2.05) is 6.92 Å². The highest BCUT2D eigenvalue weighted by molar-refractivity contribution is 6.15. The molecule has 0 saturated carbocycles. The van der Waals surface area contributed by atoms with Crippen molar-refractivity contribution in [2.45, 2.75) is 26.7 Å². The lowest BCUT2D eigenvalue weighted by atomic mass is 10.0. The molecular weight excluding hydrogens is 357 g/mol. The molecule has 0 atom stereocenters. The van der Waals surface area contributed by atoms with E-state index < -0.39 is 56.5 Å². The van der Waals surface area contributed by atoms with E-state index in [1.165, 1.54) is 7.05 Å². The normalized spacial score (nSPS) is 12.2. The molecule has 0 saturated heterocycles. The van der Waals surface area contributed by atoms with Crippen LogP contribution in [0.25, 0.3) is 5.76 Å². The van der Waals surface area contributed by atoms with Crippen molar-refractivity contribution in [2.75, 3.05) is 13.7 Å². The first-order chi connectivity index (χ1) is 12.2. The fourth-order valence-corrected chi connectivity index (χ4v) is 2.01. The second kappa shape index (κ2) is 8.97. The number of esters is 1. The molecule has 0 unspecified atom stereocenters. The number of hydrogen-bond donors (Lipinski definition) is 1. The molecule has 0 amide bonds. The summed E-state index contributed by atoms with van der Waals surface area (Å²) in [7, 11) is 1.22. The second-order valence-corrected chi connectivity index (χ2v) is 5.19. The third-order valence-electron chi connectivity index (χ3n) is 3.40. The molecule has 0 aromatic heterocycles. The van der Waals surface area contributed by atoms with E-state index in [-0.39, 0.29) is 6.61 Å². The van der Waals surface area contributed by atoms with Crippen LogP contribution in [0.1, 0.15) is 30.9 Å². The molecule has 0 aliphatic rings. The van der Waals surface area contributed by atoms with Gasteiger partial charge in [0.2, 0.25) is 5.82 Å². The van der Waals surface area contributed by atoms with Gasteiger partial charge in [-0.2, -0.15) is 4.39 Å². The van der Waals surface area contributed by atoms with Gasteiger partial charge >= 0.3 is 11.7 Å². The predicted molar refractivity (Wildman–Crippen MR) is 87.5 cm³/mol. The number of aliphatic imine (C=N–C) groups is 1. The number of nitrogens with zero attached hydrogens (tertiary/aromatic N) is 2. The Bertz CT molecular complexity index is 791. The third-order valence-corrected chi connectivity index (χ3v) is 3.40. The Morgan fingerprint density at radius 2 is 1.92 bits per heavy atom. The van der Waals surface area contributed by atoms with E-state index in [9.17, 15) is 33.2 Å². The zero-order valence-corrected chi connectivity index (χ0v) is 14.3. The number of halogens is 3. The first-order valence-electron chi connectivity index (χ1n) is 7.53. The monoisotopic (exact) mass is 374 g/mol. The lowest BCUT2D eigenvalue weighted by Gasteiger charge is -2.11. The summed E-state index contributed by atoms with van der Waals surface area (Å²) >= 11 is 0. The van der Waals surface area contributed by atoms with Gasteiger partial charge in [0.1, 0.15) is 22.7 Å². The minimum absolute atomic E-state index is 0.0228. The Morgan fingerprint density at radius 3 is 2.42 bits per heavy atom. The average Bonchev–Trinajstić information content (AvgIpc) is 2.59. The van der Waals surface area contributed by atoms with Crippen molar-refractivity contribution < 1.29 is 32.7 Å². The highest BCUT2D eigenvalue weighted by Crippen LogP contribution is 2.35. The van der Waals surface area contributed by atoms with Gasteiger partial charge in [-0.25, -0.2) is 13.6 Å². The quantitative estimate of drug-likeness (QED) is 0.115. The minimum atomic E-state index is -1.96. The number of aliphatic hydroxyl groups excluding tert-OH is 1. The molecule has 0 bridgehead atoms. The third kappa shape index (κ3) is 4.19. The Hall–Kier alpha value is -2.91. The molecular formula is C16H17F3N2O5. The van der Waals surface area contributed by atoms with Crippen molar-refractivity contribution in [3.05, 3.63) is 44.3 Å². The number of nitro groups is 1. The van der Waals surface area contributed by atoms with Gasteiger partial charge < -0.3 is 9.84 Å². The van der Waals surface area contributed by atoms with Crippen LogP contribution in [0, 0.1) is 34.5 Å². The Labute approximate surface area is 147 Å². The average molecular weight is 374 g/mol. The number of unbranched alkanes of at least 4 members (excludes halogenated alkanes) is 1. The summed E-state index contributed by atoms with van der Waals surface area (Å²) in [6, 6.07) is 0. The topological polar surface area (TPSA) is 102 Å². The molecule has 1 aromatic carbocycles. The molecule has 1 N–H and O–H groups in total. The first kappa shape index (κ1) is 21.1. The van der Waals surface area contributed by atoms with Gasteiger partial charge in [0.15, 0.2) is 5.82 Å². The molecule has 0 aliphatic heterocycles. The molecule has 0 spiro atoms. The van der Waals surface area contributed by atoms with Crippen LogP contribution in [-0.2, 0) is 9.53 Å². The van der Waals surface area contributed by atoms with Crippen molar-refractivity contribution in [3.63, 3.8) is 0 Å². The second-order valence-electron chi connectivity index (χ2n) is 5.19. The number of nitro benzene ring substituents is 1. The van der Waals surface area contributed by atoms with Crippen molar-refractivity contribution in [3.8, 4) is 0 Å². The zero-order chi connectivity index (χ0) is 20.0. The Kier molecular flexibility index (Phi) is 7.29. The summed E-state index contributed by atoms with van der Waals surface area (Å²) in [6.45, 7) is 2.64. The van der Waals surface area contributed by atoms with Crippen molar-refractivity contribution >= 4 is 23.6 Å². The number of benzene rings is 1. The van der Waals surface area contributed by atoms with Crippen LogP contribution in [0.2, 0.25) is 0 Å². The lowest BCUT2D eigenvalue weighted by molar-refractivity contribution is -0.388. The van der Waals surface area contributed by atoms with E-state index in [0.717, 1.165) is 13.1 Å². The molecule has 142 valence electrons. The summed E-state index contributed by atoms with van der Waals surface area (Å²) in [6.07, 6.45) is 1.98. The summed E-state index contributed by atoms with van der Waals surface area (Å²) in [5, 5.41) is 21.3. The van der Waals surface area contributed by atoms with E-state index in [1.54, 1.807) is 0 Å². The van der Waals surface area contributed by atoms with Gasteiger partial charge in [-0.15, -0.1) is 0 Å². The number of hydrogen-bond acceptors (Lipinski definition) is 6. The molecule has 1 aromatic rings. The van der Waals surface area contributed by atoms with Crippen molar-refractivity contribution in [1.82, 2.24) is 0 Å². The number of ether oxygens (including phenoxy) is 1. The van der Waals surface area contributed by atoms with Gasteiger partial charge in [0, 0.05) is 18.8 Å². The van der Waals surface area contributed by atoms with E-state index in [4.69, 9.17) is 4.74 Å². The van der Waals surface area contributed by atoms with E-state index in [2.05, 4.69) is 4.99 Å². The molecule has 0 heterocycles. The highest BCUT2D eigenvalue weighted by Gasteiger charge is 2.35. The largest absolute Gasteiger partial charge is 0.506 e. The van der Waals surface area contributed by atoms with Crippen LogP contribution in [-0.4, -0.2) is 35.9 Å². The van der Waals surface area contributed by atoms with Crippen LogP contribution in [0.5, 0.6) is 0 Å². The Balaban J connectivity index is 3.70. The SMILES string of the molecule is CCCCOC(=O)/C(C=NC)=C(/O)c1c(F)c(C)c(F)c(F)c1[N+](=O)[O-]. The first-order valence-corrected chi connectivity index (χ1v) is 7.53. The molecule has 0 fully saturated rings. The highest BCUT2D eigenvalue weighted by atomic mass is 19.2. The molecule has 0 aliphatic carbocycles. The predicted octanol–water partition coefficient (Wildman–Crippen LogP) is 3.63. The van der Waals surface area contributed by atoms with Crippen molar-refractivity contribution in [2.24, 2.45) is 4.99 Å². The van der Waals surface area contributed by atoms with E-state index >= 15 is 0 Å². The van der Waals surface area contributed by atoms with Crippen LogP contribution in [0.3, 0.4) is 0 Å². The van der Waals surface area contributed by atoms with Gasteiger partial charge in [-0.3, -0.25) is 15.1 Å². The number of aliphatic hydroxyl groups is 1. The van der Waals surface area contributed by atoms with E-state index in [0.29, 0.717) is 12.8 Å². The van der Waals surface area contributed by atoms with Gasteiger partial charge in [-0.1, -0.05) is 13.3 Å². The minimum Gasteiger partial charge on any atom is -0.506 e. The molecule has 10 heteroatoms. The van der Waals surface area contributed by atoms with Crippen LogP contribution < -0.4 is 0 Å². The standard InChI is InChI=1S/C16H17F3N2O5/c1-4-5-6-26-16(23)9(7-20-3)15(22)10-11(17)8(2)12(18)13(19)14(10)21(24)25/h7,22H,4-6H2,1-3H3/b15-9+,20-7?. The molecule has 26 heavy (non-hydrogen) atoms. The smallest absolute Gasteiger partial charge is 0.343 e. The number of carbonyl (C=O) groups excluding carboxylic acids is 1. The number of rotatable bonds is 7. The fourth-order valence-electron chi connectivity index (χ4n) is 2.01. The maximum absolute atomic E-state index is 14.4. The molecule has 7 nitrogen and oxygen atoms in total. The number of carbonyl (C=O) groups is 1. The van der Waals surface area contributed by atoms with Crippen LogP contribution in [0.15, 0.2) is 10.6 Å². The lowest BCUT2D eigenvalue weighted by Crippen LogP contribution is -2.15. The van der Waals surface area contributed by atoms with Crippen molar-refractivity contribution in [1.29, 1.82) is 0 Å². The molecule has 0 radical (unpaired) electrons. The van der Waals surface area contributed by atoms with Gasteiger partial charge in [0.25, 0.3) is 0 Å². The summed E-state index contributed by atoms with van der Waals surface area (Å²) < 4.78 is 46.8. The summed E-state index contributed by atoms with van der Waals surface area (Å²) in [5.41, 5.74) is -4.50. The van der Waals surface area contributed by atoms with Crippen LogP contribution >= 0.6 is 0 Å². The summed E-state index contributed by atoms with van der Waals surface area (Å²) in [4.78, 5) is 25.2.